The number of carboxylic acids is 1. The molecule has 2 heterocycles. The van der Waals surface area contributed by atoms with Crippen molar-refractivity contribution in [3.8, 4) is 5.69 Å². The molecule has 2 unspecified atom stereocenters. The van der Waals surface area contributed by atoms with Crippen LogP contribution >= 0.6 is 0 Å². The summed E-state index contributed by atoms with van der Waals surface area (Å²) in [7, 11) is 0. The molecule has 2 N–H and O–H groups in total. The maximum atomic E-state index is 16.1. The summed E-state index contributed by atoms with van der Waals surface area (Å²) in [5, 5.41) is 17.3. The smallest absolute Gasteiger partial charge is 0.306 e. The van der Waals surface area contributed by atoms with Crippen LogP contribution in [0.5, 0.6) is 0 Å². The largest absolute Gasteiger partial charge is 0.481 e. The number of aromatic amines is 1. The Bertz CT molecular complexity index is 1460. The van der Waals surface area contributed by atoms with Gasteiger partial charge in [-0.2, -0.15) is 5.10 Å². The molecule has 2 bridgehead atoms. The minimum Gasteiger partial charge on any atom is -0.481 e. The van der Waals surface area contributed by atoms with Crippen LogP contribution in [0.25, 0.3) is 27.5 Å². The van der Waals surface area contributed by atoms with Crippen molar-refractivity contribution in [3.05, 3.63) is 59.2 Å². The van der Waals surface area contributed by atoms with Crippen LogP contribution in [0, 0.1) is 35.2 Å². The number of fused-ring (bicyclic) bond motifs is 4. The Morgan fingerprint density at radius 1 is 1.12 bits per heavy atom. The number of rotatable bonds is 4. The number of H-pyrrole nitrogens is 1. The summed E-state index contributed by atoms with van der Waals surface area (Å²) in [6, 6.07) is 5.57. The highest BCUT2D eigenvalue weighted by atomic mass is 19.2. The molecule has 2 aromatic heterocycles. The highest BCUT2D eigenvalue weighted by Gasteiger charge is 2.51. The van der Waals surface area contributed by atoms with Crippen molar-refractivity contribution in [3.63, 3.8) is 0 Å². The molecule has 8 heteroatoms. The number of nitrogens with one attached hydrogen (secondary N) is 1. The lowest BCUT2D eigenvalue weighted by molar-refractivity contribution is -0.147. The number of carboxylic acid groups (broad SMARTS) is 1. The Kier molecular flexibility index (Phi) is 4.60. The van der Waals surface area contributed by atoms with Crippen LogP contribution in [0.2, 0.25) is 0 Å². The molecule has 34 heavy (non-hydrogen) atoms. The molecule has 0 radical (unpaired) electrons. The first-order valence-electron chi connectivity index (χ1n) is 11.6. The summed E-state index contributed by atoms with van der Waals surface area (Å²) in [5.41, 5.74) is 3.03. The van der Waals surface area contributed by atoms with Crippen LogP contribution in [0.1, 0.15) is 56.2 Å². The Hall–Kier alpha value is -3.29. The Morgan fingerprint density at radius 3 is 2.50 bits per heavy atom. The fraction of sp³-hybridized carbons (Fsp3) is 0.385. The number of nitrogens with zero attached hydrogens (tertiary/aromatic N) is 2. The van der Waals surface area contributed by atoms with Crippen LogP contribution < -0.4 is 0 Å². The van der Waals surface area contributed by atoms with Gasteiger partial charge in [0.25, 0.3) is 0 Å². The predicted molar refractivity (Wildman–Crippen MR) is 122 cm³/mol. The predicted octanol–water partition coefficient (Wildman–Crippen LogP) is 6.26. The average molecular weight is 467 g/mol. The Balaban J connectivity index is 1.67. The van der Waals surface area contributed by atoms with Gasteiger partial charge in [-0.1, -0.05) is 13.8 Å². The van der Waals surface area contributed by atoms with Crippen molar-refractivity contribution in [2.24, 2.45) is 17.8 Å². The first-order valence-corrected chi connectivity index (χ1v) is 11.6. The Labute approximate surface area is 193 Å². The molecule has 0 aliphatic heterocycles. The highest BCUT2D eigenvalue weighted by molar-refractivity contribution is 6.00. The second kappa shape index (κ2) is 7.35. The van der Waals surface area contributed by atoms with E-state index in [2.05, 4.69) is 10.2 Å². The number of benzene rings is 2. The summed E-state index contributed by atoms with van der Waals surface area (Å²) in [5.74, 6) is -3.18. The molecule has 0 spiro atoms. The number of aliphatic carboxylic acids is 1. The number of aromatic nitrogens is 3. The topological polar surface area (TPSA) is 70.9 Å². The van der Waals surface area contributed by atoms with Gasteiger partial charge in [0, 0.05) is 28.2 Å². The van der Waals surface area contributed by atoms with Crippen molar-refractivity contribution in [2.45, 2.75) is 44.9 Å². The van der Waals surface area contributed by atoms with Gasteiger partial charge in [0.1, 0.15) is 5.52 Å². The van der Waals surface area contributed by atoms with E-state index in [4.69, 9.17) is 0 Å². The monoisotopic (exact) mass is 467 g/mol. The molecule has 2 aromatic carbocycles. The lowest BCUT2D eigenvalue weighted by Crippen LogP contribution is -2.44. The number of halogens is 3. The first-order chi connectivity index (χ1) is 16.3. The van der Waals surface area contributed by atoms with E-state index in [-0.39, 0.29) is 29.6 Å². The summed E-state index contributed by atoms with van der Waals surface area (Å²) in [6.07, 6.45) is 3.61. The minimum atomic E-state index is -0.967. The van der Waals surface area contributed by atoms with E-state index >= 15 is 4.39 Å². The van der Waals surface area contributed by atoms with E-state index < -0.39 is 23.4 Å². The Morgan fingerprint density at radius 2 is 1.85 bits per heavy atom. The standard InChI is InChI=1S/C26H24F3N3O2/c1-11(2)25-22(20-12-5-13(20)7-14(6-12)26(33)34)21-19(8-15-10-30-31-24(15)23(21)29)32(25)16-3-4-17(27)18(28)9-16/h3-4,8-14,20H,5-7H2,1-2H3,(H,30,31)(H,33,34). The van der Waals surface area contributed by atoms with Gasteiger partial charge in [-0.15, -0.1) is 0 Å². The third kappa shape index (κ3) is 2.87. The molecule has 2 fully saturated rings. The summed E-state index contributed by atoms with van der Waals surface area (Å²) in [4.78, 5) is 11.6. The SMILES string of the molecule is CC(C)c1c(C2C3CC(C(=O)O)CC2C3)c2c(F)c3[nH]ncc3cc2n1-c1ccc(F)c(F)c1. The third-order valence-corrected chi connectivity index (χ3v) is 7.87. The van der Waals surface area contributed by atoms with Gasteiger partial charge in [0.05, 0.1) is 17.6 Å². The summed E-state index contributed by atoms with van der Waals surface area (Å²) >= 11 is 0. The molecule has 0 saturated heterocycles. The average Bonchev–Trinajstić information content (AvgIpc) is 3.39. The van der Waals surface area contributed by atoms with Crippen LogP contribution in [0.3, 0.4) is 0 Å². The quantitative estimate of drug-likeness (QED) is 0.372. The zero-order valence-electron chi connectivity index (χ0n) is 18.8. The third-order valence-electron chi connectivity index (χ3n) is 7.87. The molecule has 2 atom stereocenters. The maximum absolute atomic E-state index is 16.1. The molecule has 176 valence electrons. The molecular weight excluding hydrogens is 443 g/mol. The van der Waals surface area contributed by atoms with Crippen LogP contribution in [0.15, 0.2) is 30.5 Å². The first kappa shape index (κ1) is 21.3. The van der Waals surface area contributed by atoms with E-state index in [1.54, 1.807) is 6.20 Å². The van der Waals surface area contributed by atoms with Gasteiger partial charge in [0.15, 0.2) is 17.5 Å². The van der Waals surface area contributed by atoms with E-state index in [1.165, 1.54) is 6.07 Å². The summed E-state index contributed by atoms with van der Waals surface area (Å²) in [6.45, 7) is 4.02. The van der Waals surface area contributed by atoms with Crippen molar-refractivity contribution < 1.29 is 23.1 Å². The van der Waals surface area contributed by atoms with Crippen molar-refractivity contribution in [1.29, 1.82) is 0 Å². The number of carbonyl (C=O) groups is 1. The van der Waals surface area contributed by atoms with Crippen molar-refractivity contribution >= 4 is 27.8 Å². The minimum absolute atomic E-state index is 0.0249. The van der Waals surface area contributed by atoms with Gasteiger partial charge in [0.2, 0.25) is 0 Å². The highest BCUT2D eigenvalue weighted by Crippen LogP contribution is 2.60. The molecule has 6 rings (SSSR count). The molecule has 5 nitrogen and oxygen atoms in total. The second-order valence-corrected chi connectivity index (χ2v) is 10.1. The van der Waals surface area contributed by atoms with Gasteiger partial charge in [-0.05, 0) is 66.7 Å². The van der Waals surface area contributed by atoms with E-state index in [0.29, 0.717) is 40.3 Å². The normalized spacial score (nSPS) is 24.2. The number of hydrogen-bond acceptors (Lipinski definition) is 2. The molecular formula is C26H24F3N3O2. The maximum Gasteiger partial charge on any atom is 0.306 e. The van der Waals surface area contributed by atoms with Gasteiger partial charge in [-0.25, -0.2) is 13.2 Å². The van der Waals surface area contributed by atoms with Crippen LogP contribution in [-0.4, -0.2) is 25.8 Å². The van der Waals surface area contributed by atoms with E-state index in [9.17, 15) is 18.7 Å². The fourth-order valence-corrected chi connectivity index (χ4v) is 6.51. The fourth-order valence-electron chi connectivity index (χ4n) is 6.51. The van der Waals surface area contributed by atoms with Gasteiger partial charge in [-0.3, -0.25) is 9.89 Å². The number of hydrogen-bond donors (Lipinski definition) is 2. The zero-order valence-corrected chi connectivity index (χ0v) is 18.8. The molecule has 2 aliphatic rings. The second-order valence-electron chi connectivity index (χ2n) is 10.1. The molecule has 4 aromatic rings. The molecule has 0 amide bonds. The van der Waals surface area contributed by atoms with Crippen molar-refractivity contribution in [2.75, 3.05) is 0 Å². The van der Waals surface area contributed by atoms with Gasteiger partial charge >= 0.3 is 5.97 Å². The van der Waals surface area contributed by atoms with E-state index in [1.807, 2.05) is 24.5 Å². The van der Waals surface area contributed by atoms with Gasteiger partial charge < -0.3 is 9.67 Å². The lowest BCUT2D eigenvalue weighted by atomic mass is 9.52. The summed E-state index contributed by atoms with van der Waals surface area (Å²) < 4.78 is 46.0. The van der Waals surface area contributed by atoms with Crippen LogP contribution in [0.4, 0.5) is 13.2 Å². The van der Waals surface area contributed by atoms with E-state index in [0.717, 1.165) is 29.8 Å². The molecule has 2 saturated carbocycles. The zero-order chi connectivity index (χ0) is 23.9. The van der Waals surface area contributed by atoms with Crippen LogP contribution in [-0.2, 0) is 4.79 Å². The molecule has 2 aliphatic carbocycles. The van der Waals surface area contributed by atoms with Crippen molar-refractivity contribution in [1.82, 2.24) is 14.8 Å². The lowest BCUT2D eigenvalue weighted by Gasteiger charge is -2.52.